The minimum Gasteiger partial charge on any atom is -0.439 e. The van der Waals surface area contributed by atoms with Crippen molar-refractivity contribution in [1.82, 2.24) is 20.5 Å². The van der Waals surface area contributed by atoms with Crippen molar-refractivity contribution >= 4 is 29.9 Å². The molecule has 1 aliphatic rings. The van der Waals surface area contributed by atoms with Gasteiger partial charge < -0.3 is 15.4 Å². The standard InChI is InChI=1S/C20H23F4N5O.HI/c1-25-19(28-16-7-9-29(12-16)13-20(22,23)24)27-11-14-4-3-8-26-18(14)30-17-6-2-5-15(21)10-17;/h2-6,8,10,16H,7,9,11-13H2,1H3,(H2,25,27,28);1H. The summed E-state index contributed by atoms with van der Waals surface area (Å²) in [5, 5.41) is 6.26. The maximum Gasteiger partial charge on any atom is 0.401 e. The highest BCUT2D eigenvalue weighted by Crippen LogP contribution is 2.23. The number of benzene rings is 1. The molecule has 0 radical (unpaired) electrons. The first-order valence-electron chi connectivity index (χ1n) is 9.46. The number of aliphatic imine (C=N–C) groups is 1. The summed E-state index contributed by atoms with van der Waals surface area (Å²) in [6.07, 6.45) is -2.04. The van der Waals surface area contributed by atoms with Gasteiger partial charge in [0.15, 0.2) is 5.96 Å². The first-order chi connectivity index (χ1) is 14.3. The number of aromatic nitrogens is 1. The summed E-state index contributed by atoms with van der Waals surface area (Å²) in [7, 11) is 1.59. The van der Waals surface area contributed by atoms with Crippen molar-refractivity contribution in [3.05, 3.63) is 54.0 Å². The van der Waals surface area contributed by atoms with Crippen molar-refractivity contribution in [3.63, 3.8) is 0 Å². The van der Waals surface area contributed by atoms with E-state index in [9.17, 15) is 17.6 Å². The van der Waals surface area contributed by atoms with Crippen molar-refractivity contribution in [1.29, 1.82) is 0 Å². The zero-order valence-corrected chi connectivity index (χ0v) is 19.2. The molecule has 1 unspecified atom stereocenters. The summed E-state index contributed by atoms with van der Waals surface area (Å²) in [4.78, 5) is 9.70. The Labute approximate surface area is 195 Å². The topological polar surface area (TPSA) is 61.8 Å². The third kappa shape index (κ3) is 8.13. The fourth-order valence-corrected chi connectivity index (χ4v) is 3.21. The van der Waals surface area contributed by atoms with E-state index in [0.717, 1.165) is 5.56 Å². The minimum atomic E-state index is -4.20. The average Bonchev–Trinajstić information content (AvgIpc) is 3.11. The van der Waals surface area contributed by atoms with Crippen LogP contribution >= 0.6 is 24.0 Å². The number of hydrogen-bond acceptors (Lipinski definition) is 4. The molecular weight excluding hydrogens is 529 g/mol. The van der Waals surface area contributed by atoms with Crippen LogP contribution in [0.15, 0.2) is 47.6 Å². The van der Waals surface area contributed by atoms with E-state index in [-0.39, 0.29) is 30.0 Å². The molecule has 1 fully saturated rings. The average molecular weight is 553 g/mol. The Bertz CT molecular complexity index is 881. The fraction of sp³-hybridized carbons (Fsp3) is 0.400. The van der Waals surface area contributed by atoms with Crippen LogP contribution in [0.1, 0.15) is 12.0 Å². The van der Waals surface area contributed by atoms with E-state index in [0.29, 0.717) is 43.6 Å². The van der Waals surface area contributed by atoms with Crippen LogP contribution < -0.4 is 15.4 Å². The van der Waals surface area contributed by atoms with E-state index in [1.54, 1.807) is 31.4 Å². The van der Waals surface area contributed by atoms with Crippen LogP contribution in [0.5, 0.6) is 11.6 Å². The maximum atomic E-state index is 13.4. The van der Waals surface area contributed by atoms with Crippen molar-refractivity contribution < 1.29 is 22.3 Å². The highest BCUT2D eigenvalue weighted by Gasteiger charge is 2.34. The maximum absolute atomic E-state index is 13.4. The lowest BCUT2D eigenvalue weighted by atomic mass is 10.2. The number of likely N-dealkylation sites (tertiary alicyclic amines) is 1. The smallest absolute Gasteiger partial charge is 0.401 e. The van der Waals surface area contributed by atoms with Crippen LogP contribution in [0.25, 0.3) is 0 Å². The number of halogens is 5. The SMILES string of the molecule is CN=C(NCc1cccnc1Oc1cccc(F)c1)NC1CCN(CC(F)(F)F)C1.I. The van der Waals surface area contributed by atoms with Crippen molar-refractivity contribution in [2.24, 2.45) is 4.99 Å². The van der Waals surface area contributed by atoms with Crippen molar-refractivity contribution in [2.75, 3.05) is 26.7 Å². The summed E-state index contributed by atoms with van der Waals surface area (Å²) in [5.74, 6) is 0.703. The van der Waals surface area contributed by atoms with Gasteiger partial charge in [-0.25, -0.2) is 9.37 Å². The van der Waals surface area contributed by atoms with Gasteiger partial charge in [-0.1, -0.05) is 12.1 Å². The van der Waals surface area contributed by atoms with Gasteiger partial charge in [-0.2, -0.15) is 13.2 Å². The number of hydrogen-bond donors (Lipinski definition) is 2. The molecule has 1 aromatic carbocycles. The quantitative estimate of drug-likeness (QED) is 0.246. The predicted octanol–water partition coefficient (Wildman–Crippen LogP) is 3.93. The van der Waals surface area contributed by atoms with E-state index >= 15 is 0 Å². The first-order valence-corrected chi connectivity index (χ1v) is 9.46. The van der Waals surface area contributed by atoms with Gasteiger partial charge in [0.1, 0.15) is 11.6 Å². The normalized spacial score (nSPS) is 17.2. The Balaban J connectivity index is 0.00000341. The second kappa shape index (κ2) is 11.5. The third-order valence-corrected chi connectivity index (χ3v) is 4.55. The summed E-state index contributed by atoms with van der Waals surface area (Å²) >= 11 is 0. The van der Waals surface area contributed by atoms with Crippen LogP contribution in [0, 0.1) is 5.82 Å². The summed E-state index contributed by atoms with van der Waals surface area (Å²) in [5.41, 5.74) is 0.717. The molecule has 3 rings (SSSR count). The van der Waals surface area contributed by atoms with Gasteiger partial charge in [0, 0.05) is 50.6 Å². The molecule has 1 aliphatic heterocycles. The molecule has 0 amide bonds. The van der Waals surface area contributed by atoms with Gasteiger partial charge >= 0.3 is 6.18 Å². The number of alkyl halides is 3. The van der Waals surface area contributed by atoms with Crippen LogP contribution in [0.2, 0.25) is 0 Å². The number of nitrogens with one attached hydrogen (secondary N) is 2. The van der Waals surface area contributed by atoms with Crippen LogP contribution in [0.3, 0.4) is 0 Å². The van der Waals surface area contributed by atoms with Gasteiger partial charge in [0.25, 0.3) is 0 Å². The Morgan fingerprint density at radius 3 is 2.81 bits per heavy atom. The lowest BCUT2D eigenvalue weighted by Gasteiger charge is -2.20. The van der Waals surface area contributed by atoms with Gasteiger partial charge in [-0.15, -0.1) is 24.0 Å². The third-order valence-electron chi connectivity index (χ3n) is 4.55. The monoisotopic (exact) mass is 553 g/mol. The molecule has 2 aromatic rings. The summed E-state index contributed by atoms with van der Waals surface area (Å²) in [6, 6.07) is 9.18. The van der Waals surface area contributed by atoms with Gasteiger partial charge in [0.05, 0.1) is 6.54 Å². The fourth-order valence-electron chi connectivity index (χ4n) is 3.21. The predicted molar refractivity (Wildman–Crippen MR) is 120 cm³/mol. The Morgan fingerprint density at radius 2 is 2.10 bits per heavy atom. The number of guanidine groups is 1. The van der Waals surface area contributed by atoms with Gasteiger partial charge in [-0.05, 0) is 24.6 Å². The molecule has 0 aliphatic carbocycles. The van der Waals surface area contributed by atoms with Crippen LogP contribution in [0.4, 0.5) is 17.6 Å². The van der Waals surface area contributed by atoms with Crippen LogP contribution in [-0.4, -0.2) is 54.7 Å². The number of ether oxygens (including phenoxy) is 1. The number of rotatable bonds is 6. The Morgan fingerprint density at radius 1 is 1.29 bits per heavy atom. The lowest BCUT2D eigenvalue weighted by molar-refractivity contribution is -0.143. The summed E-state index contributed by atoms with van der Waals surface area (Å²) < 4.78 is 56.7. The second-order valence-corrected chi connectivity index (χ2v) is 6.93. The largest absolute Gasteiger partial charge is 0.439 e. The van der Waals surface area contributed by atoms with E-state index in [4.69, 9.17) is 4.74 Å². The highest BCUT2D eigenvalue weighted by atomic mass is 127. The molecule has 1 saturated heterocycles. The van der Waals surface area contributed by atoms with Crippen LogP contribution in [-0.2, 0) is 6.54 Å². The molecule has 1 aromatic heterocycles. The molecule has 0 spiro atoms. The molecule has 2 heterocycles. The van der Waals surface area contributed by atoms with Gasteiger partial charge in [0.2, 0.25) is 5.88 Å². The zero-order chi connectivity index (χ0) is 21.6. The number of nitrogens with zero attached hydrogens (tertiary/aromatic N) is 3. The van der Waals surface area contributed by atoms with E-state index in [2.05, 4.69) is 20.6 Å². The highest BCUT2D eigenvalue weighted by molar-refractivity contribution is 14.0. The molecule has 31 heavy (non-hydrogen) atoms. The van der Waals surface area contributed by atoms with E-state index in [1.807, 2.05) is 6.07 Å². The molecule has 0 bridgehead atoms. The first kappa shape index (κ1) is 25.1. The molecule has 1 atom stereocenters. The molecule has 0 saturated carbocycles. The summed E-state index contributed by atoms with van der Waals surface area (Å²) in [6.45, 7) is 0.0776. The van der Waals surface area contributed by atoms with Crippen molar-refractivity contribution in [2.45, 2.75) is 25.2 Å². The van der Waals surface area contributed by atoms with Crippen molar-refractivity contribution in [3.8, 4) is 11.6 Å². The Hall–Kier alpha value is -2.15. The molecular formula is C20H24F4IN5O. The minimum absolute atomic E-state index is 0. The molecule has 6 nitrogen and oxygen atoms in total. The molecule has 2 N–H and O–H groups in total. The molecule has 11 heteroatoms. The molecule has 170 valence electrons. The lowest BCUT2D eigenvalue weighted by Crippen LogP contribution is -2.44. The van der Waals surface area contributed by atoms with E-state index in [1.165, 1.54) is 17.0 Å². The number of pyridine rings is 1. The van der Waals surface area contributed by atoms with Gasteiger partial charge in [-0.3, -0.25) is 9.89 Å². The zero-order valence-electron chi connectivity index (χ0n) is 16.8. The second-order valence-electron chi connectivity index (χ2n) is 6.93. The van der Waals surface area contributed by atoms with E-state index < -0.39 is 18.5 Å². The Kier molecular flexibility index (Phi) is 9.29.